The van der Waals surface area contributed by atoms with Crippen LogP contribution in [0.4, 0.5) is 0 Å². The summed E-state index contributed by atoms with van der Waals surface area (Å²) in [6.07, 6.45) is 5.68. The lowest BCUT2D eigenvalue weighted by Crippen LogP contribution is -2.58. The molecule has 0 bridgehead atoms. The van der Waals surface area contributed by atoms with Crippen LogP contribution < -0.4 is 5.32 Å². The molecule has 1 saturated carbocycles. The Morgan fingerprint density at radius 1 is 1.10 bits per heavy atom. The van der Waals surface area contributed by atoms with Gasteiger partial charge < -0.3 is 10.2 Å². The smallest absolute Gasteiger partial charge is 0.255 e. The molecular weight excluding hydrogens is 386 g/mol. The average Bonchev–Trinajstić information content (AvgIpc) is 3.22. The Hall–Kier alpha value is -1.59. The molecule has 3 rings (SSSR count). The SMILES string of the molecule is CC(C)CCNC(=O)C(C1CCCC1)N1CCN(C(=O)c2ccccc2Cl)CC1. The van der Waals surface area contributed by atoms with Crippen molar-refractivity contribution in [3.8, 4) is 0 Å². The van der Waals surface area contributed by atoms with E-state index in [1.807, 2.05) is 17.0 Å². The molecule has 1 atom stereocenters. The largest absolute Gasteiger partial charge is 0.355 e. The van der Waals surface area contributed by atoms with Crippen molar-refractivity contribution in [3.63, 3.8) is 0 Å². The molecule has 1 aliphatic heterocycles. The number of nitrogens with zero attached hydrogens (tertiary/aromatic N) is 2. The summed E-state index contributed by atoms with van der Waals surface area (Å²) in [6, 6.07) is 7.14. The van der Waals surface area contributed by atoms with Gasteiger partial charge in [0.15, 0.2) is 0 Å². The number of benzene rings is 1. The molecule has 5 nitrogen and oxygen atoms in total. The topological polar surface area (TPSA) is 52.7 Å². The van der Waals surface area contributed by atoms with Gasteiger partial charge in [0.1, 0.15) is 0 Å². The summed E-state index contributed by atoms with van der Waals surface area (Å²) in [7, 11) is 0. The number of halogens is 1. The molecule has 6 heteroatoms. The Kier molecular flexibility index (Phi) is 7.96. The highest BCUT2D eigenvalue weighted by molar-refractivity contribution is 6.33. The maximum absolute atomic E-state index is 13.0. The van der Waals surface area contributed by atoms with Crippen molar-refractivity contribution in [1.82, 2.24) is 15.1 Å². The van der Waals surface area contributed by atoms with Crippen molar-refractivity contribution in [2.24, 2.45) is 11.8 Å². The lowest BCUT2D eigenvalue weighted by atomic mass is 9.94. The Morgan fingerprint density at radius 3 is 2.38 bits per heavy atom. The van der Waals surface area contributed by atoms with E-state index in [0.29, 0.717) is 35.5 Å². The summed E-state index contributed by atoms with van der Waals surface area (Å²) >= 11 is 6.20. The highest BCUT2D eigenvalue weighted by Gasteiger charge is 2.37. The van der Waals surface area contributed by atoms with Gasteiger partial charge in [0, 0.05) is 32.7 Å². The normalized spacial score (nSPS) is 19.5. The molecule has 1 saturated heterocycles. The Morgan fingerprint density at radius 2 is 1.76 bits per heavy atom. The number of nitrogens with one attached hydrogen (secondary N) is 1. The summed E-state index contributed by atoms with van der Waals surface area (Å²) in [4.78, 5) is 30.0. The minimum absolute atomic E-state index is 0.0194. The second-order valence-electron chi connectivity index (χ2n) is 8.77. The van der Waals surface area contributed by atoms with Gasteiger partial charge in [-0.3, -0.25) is 14.5 Å². The highest BCUT2D eigenvalue weighted by atomic mass is 35.5. The molecule has 2 aliphatic rings. The Bertz CT molecular complexity index is 695. The first-order chi connectivity index (χ1) is 14.0. The molecule has 0 radical (unpaired) electrons. The third-order valence-corrected chi connectivity index (χ3v) is 6.56. The molecule has 29 heavy (non-hydrogen) atoms. The lowest BCUT2D eigenvalue weighted by molar-refractivity contribution is -0.129. The first kappa shape index (κ1) is 22.1. The summed E-state index contributed by atoms with van der Waals surface area (Å²) in [5.41, 5.74) is 0.557. The minimum atomic E-state index is -0.0674. The molecule has 2 fully saturated rings. The fraction of sp³-hybridized carbons (Fsp3) is 0.652. The molecule has 1 aliphatic carbocycles. The Balaban J connectivity index is 1.61. The van der Waals surface area contributed by atoms with Crippen LogP contribution in [0, 0.1) is 11.8 Å². The first-order valence-corrected chi connectivity index (χ1v) is 11.4. The van der Waals surface area contributed by atoms with Crippen molar-refractivity contribution in [1.29, 1.82) is 0 Å². The molecule has 2 amide bonds. The standard InChI is InChI=1S/C23H34ClN3O2/c1-17(2)11-12-25-22(28)21(18-7-3-4-8-18)26-13-15-27(16-14-26)23(29)19-9-5-6-10-20(19)24/h5-6,9-10,17-18,21H,3-4,7-8,11-16H2,1-2H3,(H,25,28). The number of carbonyl (C=O) groups excluding carboxylic acids is 2. The quantitative estimate of drug-likeness (QED) is 0.730. The third-order valence-electron chi connectivity index (χ3n) is 6.24. The molecule has 0 spiro atoms. The minimum Gasteiger partial charge on any atom is -0.355 e. The van der Waals surface area contributed by atoms with E-state index in [9.17, 15) is 9.59 Å². The van der Waals surface area contributed by atoms with Crippen LogP contribution in [0.5, 0.6) is 0 Å². The molecule has 1 aromatic carbocycles. The average molecular weight is 420 g/mol. The molecular formula is C23H34ClN3O2. The number of hydrogen-bond donors (Lipinski definition) is 1. The van der Waals surface area contributed by atoms with E-state index in [4.69, 9.17) is 11.6 Å². The van der Waals surface area contributed by atoms with Gasteiger partial charge in [0.25, 0.3) is 5.91 Å². The van der Waals surface area contributed by atoms with Crippen molar-refractivity contribution in [2.75, 3.05) is 32.7 Å². The zero-order valence-corrected chi connectivity index (χ0v) is 18.5. The third kappa shape index (κ3) is 5.73. The van der Waals surface area contributed by atoms with Crippen LogP contribution in [0.2, 0.25) is 5.02 Å². The van der Waals surface area contributed by atoms with E-state index in [2.05, 4.69) is 24.1 Å². The zero-order chi connectivity index (χ0) is 20.8. The van der Waals surface area contributed by atoms with Gasteiger partial charge in [-0.05, 0) is 43.2 Å². The second kappa shape index (κ2) is 10.4. The van der Waals surface area contributed by atoms with E-state index in [1.165, 1.54) is 12.8 Å². The summed E-state index contributed by atoms with van der Waals surface area (Å²) in [5, 5.41) is 3.67. The van der Waals surface area contributed by atoms with Crippen molar-refractivity contribution >= 4 is 23.4 Å². The van der Waals surface area contributed by atoms with Crippen LogP contribution in [-0.4, -0.2) is 60.4 Å². The van der Waals surface area contributed by atoms with Crippen molar-refractivity contribution in [2.45, 2.75) is 52.0 Å². The van der Waals surface area contributed by atoms with Gasteiger partial charge in [-0.15, -0.1) is 0 Å². The molecule has 1 heterocycles. The maximum Gasteiger partial charge on any atom is 0.255 e. The van der Waals surface area contributed by atoms with Crippen molar-refractivity contribution in [3.05, 3.63) is 34.9 Å². The summed E-state index contributed by atoms with van der Waals surface area (Å²) in [5.74, 6) is 1.16. The molecule has 160 valence electrons. The highest BCUT2D eigenvalue weighted by Crippen LogP contribution is 2.31. The maximum atomic E-state index is 13.0. The van der Waals surface area contributed by atoms with Gasteiger partial charge in [0.2, 0.25) is 5.91 Å². The summed E-state index contributed by atoms with van der Waals surface area (Å²) < 4.78 is 0. The van der Waals surface area contributed by atoms with Gasteiger partial charge >= 0.3 is 0 Å². The monoisotopic (exact) mass is 419 g/mol. The van der Waals surface area contributed by atoms with Crippen LogP contribution in [0.15, 0.2) is 24.3 Å². The van der Waals surface area contributed by atoms with E-state index in [0.717, 1.165) is 38.9 Å². The number of carbonyl (C=O) groups is 2. The van der Waals surface area contributed by atoms with Gasteiger partial charge in [-0.2, -0.15) is 0 Å². The van der Waals surface area contributed by atoms with Crippen LogP contribution in [-0.2, 0) is 4.79 Å². The van der Waals surface area contributed by atoms with Crippen molar-refractivity contribution < 1.29 is 9.59 Å². The van der Waals surface area contributed by atoms with Crippen LogP contribution in [0.3, 0.4) is 0 Å². The zero-order valence-electron chi connectivity index (χ0n) is 17.7. The predicted octanol–water partition coefficient (Wildman–Crippen LogP) is 3.82. The summed E-state index contributed by atoms with van der Waals surface area (Å²) in [6.45, 7) is 7.82. The fourth-order valence-corrected chi connectivity index (χ4v) is 4.76. The van der Waals surface area contributed by atoms with Crippen LogP contribution >= 0.6 is 11.6 Å². The van der Waals surface area contributed by atoms with Crippen LogP contribution in [0.1, 0.15) is 56.3 Å². The van der Waals surface area contributed by atoms with Crippen LogP contribution in [0.25, 0.3) is 0 Å². The number of amides is 2. The van der Waals surface area contributed by atoms with E-state index in [-0.39, 0.29) is 17.9 Å². The molecule has 1 unspecified atom stereocenters. The number of piperazine rings is 1. The Labute approximate surface area is 179 Å². The lowest BCUT2D eigenvalue weighted by Gasteiger charge is -2.40. The fourth-order valence-electron chi connectivity index (χ4n) is 4.55. The predicted molar refractivity (Wildman–Crippen MR) is 117 cm³/mol. The van der Waals surface area contributed by atoms with E-state index >= 15 is 0 Å². The first-order valence-electron chi connectivity index (χ1n) is 11.0. The number of rotatable bonds is 7. The molecule has 0 aromatic heterocycles. The van der Waals surface area contributed by atoms with E-state index < -0.39 is 0 Å². The molecule has 1 N–H and O–H groups in total. The van der Waals surface area contributed by atoms with Gasteiger partial charge in [-0.25, -0.2) is 0 Å². The van der Waals surface area contributed by atoms with Gasteiger partial charge in [-0.1, -0.05) is 50.4 Å². The number of hydrogen-bond acceptors (Lipinski definition) is 3. The molecule has 1 aromatic rings. The van der Waals surface area contributed by atoms with E-state index in [1.54, 1.807) is 12.1 Å². The van der Waals surface area contributed by atoms with Gasteiger partial charge in [0.05, 0.1) is 16.6 Å². The second-order valence-corrected chi connectivity index (χ2v) is 9.18.